The quantitative estimate of drug-likeness (QED) is 0.866. The van der Waals surface area contributed by atoms with Gasteiger partial charge in [-0.3, -0.25) is 9.78 Å². The third-order valence-corrected chi connectivity index (χ3v) is 3.45. The molecule has 1 aromatic heterocycles. The number of ether oxygens (including phenoxy) is 1. The van der Waals surface area contributed by atoms with Gasteiger partial charge in [0.2, 0.25) is 0 Å². The lowest BCUT2D eigenvalue weighted by Crippen LogP contribution is -2.41. The summed E-state index contributed by atoms with van der Waals surface area (Å²) in [4.78, 5) is 16.4. The summed E-state index contributed by atoms with van der Waals surface area (Å²) in [6.07, 6.45) is 6.28. The van der Waals surface area contributed by atoms with E-state index in [1.54, 1.807) is 12.4 Å². The molecule has 2 N–H and O–H groups in total. The predicted octanol–water partition coefficient (Wildman–Crippen LogP) is 2.20. The second-order valence-electron chi connectivity index (χ2n) is 5.22. The van der Waals surface area contributed by atoms with Gasteiger partial charge in [-0.2, -0.15) is 0 Å². The van der Waals surface area contributed by atoms with Crippen molar-refractivity contribution in [1.29, 1.82) is 0 Å². The van der Waals surface area contributed by atoms with Crippen molar-refractivity contribution >= 4 is 11.6 Å². The van der Waals surface area contributed by atoms with Crippen molar-refractivity contribution in [3.05, 3.63) is 24.0 Å². The molecular weight excluding hydrogens is 254 g/mol. The summed E-state index contributed by atoms with van der Waals surface area (Å²) in [5, 5.41) is 6.35. The molecular formula is C15H23N3O2. The lowest BCUT2D eigenvalue weighted by atomic mass is 10.0. The van der Waals surface area contributed by atoms with Crippen LogP contribution in [-0.4, -0.2) is 36.2 Å². The fourth-order valence-electron chi connectivity index (χ4n) is 2.38. The van der Waals surface area contributed by atoms with Crippen LogP contribution in [0.2, 0.25) is 0 Å². The molecule has 110 valence electrons. The lowest BCUT2D eigenvalue weighted by Gasteiger charge is -2.28. The zero-order chi connectivity index (χ0) is 14.4. The molecule has 2 rings (SSSR count). The Hall–Kier alpha value is -1.62. The van der Waals surface area contributed by atoms with Crippen molar-refractivity contribution < 1.29 is 9.53 Å². The first-order valence-corrected chi connectivity index (χ1v) is 7.31. The number of anilines is 1. The van der Waals surface area contributed by atoms with Gasteiger partial charge in [0, 0.05) is 31.6 Å². The minimum atomic E-state index is -0.0594. The molecule has 1 saturated heterocycles. The van der Waals surface area contributed by atoms with Crippen LogP contribution < -0.4 is 10.6 Å². The largest absolute Gasteiger partial charge is 0.384 e. The number of nitrogens with one attached hydrogen (secondary N) is 2. The van der Waals surface area contributed by atoms with Gasteiger partial charge in [-0.15, -0.1) is 0 Å². The molecule has 5 nitrogen and oxygen atoms in total. The molecule has 1 aliphatic rings. The molecule has 0 aromatic carbocycles. The van der Waals surface area contributed by atoms with Gasteiger partial charge in [-0.25, -0.2) is 0 Å². The Morgan fingerprint density at radius 1 is 1.55 bits per heavy atom. The van der Waals surface area contributed by atoms with Crippen LogP contribution in [0.1, 0.15) is 43.5 Å². The van der Waals surface area contributed by atoms with Gasteiger partial charge < -0.3 is 15.4 Å². The summed E-state index contributed by atoms with van der Waals surface area (Å²) < 4.78 is 5.50. The third kappa shape index (κ3) is 3.93. The van der Waals surface area contributed by atoms with Gasteiger partial charge in [0.15, 0.2) is 0 Å². The zero-order valence-electron chi connectivity index (χ0n) is 12.2. The summed E-state index contributed by atoms with van der Waals surface area (Å²) in [7, 11) is 0. The molecule has 0 spiro atoms. The molecule has 20 heavy (non-hydrogen) atoms. The first-order chi connectivity index (χ1) is 9.70. The Morgan fingerprint density at radius 2 is 2.40 bits per heavy atom. The Bertz CT molecular complexity index is 450. The van der Waals surface area contributed by atoms with Gasteiger partial charge in [-0.05, 0) is 32.3 Å². The number of carbonyl (C=O) groups is 1. The highest BCUT2D eigenvalue weighted by Gasteiger charge is 2.22. The average molecular weight is 277 g/mol. The van der Waals surface area contributed by atoms with Crippen molar-refractivity contribution in [2.24, 2.45) is 0 Å². The van der Waals surface area contributed by atoms with Crippen molar-refractivity contribution in [1.82, 2.24) is 10.3 Å². The highest BCUT2D eigenvalue weighted by atomic mass is 16.5. The number of hydrogen-bond acceptors (Lipinski definition) is 4. The Labute approximate surface area is 120 Å². The highest BCUT2D eigenvalue weighted by molar-refractivity contribution is 5.99. The molecule has 0 aliphatic carbocycles. The molecule has 5 heteroatoms. The average Bonchev–Trinajstić information content (AvgIpc) is 2.45. The Balaban J connectivity index is 2.01. The molecule has 0 saturated carbocycles. The van der Waals surface area contributed by atoms with Crippen LogP contribution in [0.5, 0.6) is 0 Å². The van der Waals surface area contributed by atoms with Crippen molar-refractivity contribution in [3.63, 3.8) is 0 Å². The van der Waals surface area contributed by atoms with Crippen LogP contribution in [0.4, 0.5) is 5.69 Å². The second-order valence-corrected chi connectivity index (χ2v) is 5.22. The molecule has 1 aliphatic heterocycles. The van der Waals surface area contributed by atoms with Gasteiger partial charge in [0.25, 0.3) is 5.91 Å². The maximum atomic E-state index is 12.4. The predicted molar refractivity (Wildman–Crippen MR) is 78.9 cm³/mol. The number of rotatable bonds is 5. The number of amides is 1. The van der Waals surface area contributed by atoms with E-state index >= 15 is 0 Å². The first-order valence-electron chi connectivity index (χ1n) is 7.31. The lowest BCUT2D eigenvalue weighted by molar-refractivity contribution is 0.0136. The van der Waals surface area contributed by atoms with Crippen molar-refractivity contribution in [2.45, 2.75) is 45.3 Å². The fraction of sp³-hybridized carbons (Fsp3) is 0.600. The minimum absolute atomic E-state index is 0.0594. The number of carbonyl (C=O) groups excluding carboxylic acids is 1. The number of nitrogens with zero attached hydrogens (tertiary/aromatic N) is 1. The van der Waals surface area contributed by atoms with Gasteiger partial charge in [0.1, 0.15) is 0 Å². The number of hydrogen-bond donors (Lipinski definition) is 2. The number of pyridine rings is 1. The van der Waals surface area contributed by atoms with Gasteiger partial charge >= 0.3 is 0 Å². The van der Waals surface area contributed by atoms with E-state index < -0.39 is 0 Å². The van der Waals surface area contributed by atoms with E-state index in [0.717, 1.165) is 31.5 Å². The maximum absolute atomic E-state index is 12.4. The minimum Gasteiger partial charge on any atom is -0.384 e. The topological polar surface area (TPSA) is 63.2 Å². The van der Waals surface area contributed by atoms with Crippen LogP contribution in [0.15, 0.2) is 18.5 Å². The molecule has 2 heterocycles. The second kappa shape index (κ2) is 7.24. The third-order valence-electron chi connectivity index (χ3n) is 3.45. The monoisotopic (exact) mass is 277 g/mol. The van der Waals surface area contributed by atoms with Crippen LogP contribution in [-0.2, 0) is 4.74 Å². The fourth-order valence-corrected chi connectivity index (χ4v) is 2.38. The first kappa shape index (κ1) is 14.8. The van der Waals surface area contributed by atoms with Gasteiger partial charge in [0.05, 0.1) is 17.4 Å². The molecule has 0 bridgehead atoms. The van der Waals surface area contributed by atoms with Crippen LogP contribution in [0.25, 0.3) is 0 Å². The summed E-state index contributed by atoms with van der Waals surface area (Å²) in [5.74, 6) is -0.0594. The van der Waals surface area contributed by atoms with Crippen LogP contribution in [0, 0.1) is 0 Å². The number of aromatic nitrogens is 1. The summed E-state index contributed by atoms with van der Waals surface area (Å²) in [6.45, 7) is 5.69. The SMILES string of the molecule is CCCNc1ccncc1C(=O)NC1CCOC(C)C1. The van der Waals surface area contributed by atoms with E-state index in [0.29, 0.717) is 12.2 Å². The maximum Gasteiger partial charge on any atom is 0.255 e. The van der Waals surface area contributed by atoms with Crippen LogP contribution in [0.3, 0.4) is 0 Å². The standard InChI is InChI=1S/C15H23N3O2/c1-3-6-17-14-4-7-16-10-13(14)15(19)18-12-5-8-20-11(2)9-12/h4,7,10-12H,3,5-6,8-9H2,1-2H3,(H,16,17)(H,18,19). The van der Waals surface area contributed by atoms with E-state index in [-0.39, 0.29) is 18.1 Å². The van der Waals surface area contributed by atoms with Crippen LogP contribution >= 0.6 is 0 Å². The summed E-state index contributed by atoms with van der Waals surface area (Å²) in [5.41, 5.74) is 1.46. The van der Waals surface area contributed by atoms with Gasteiger partial charge in [-0.1, -0.05) is 6.92 Å². The molecule has 2 atom stereocenters. The van der Waals surface area contributed by atoms with E-state index in [1.807, 2.05) is 13.0 Å². The summed E-state index contributed by atoms with van der Waals surface area (Å²) in [6, 6.07) is 2.03. The van der Waals surface area contributed by atoms with E-state index in [1.165, 1.54) is 0 Å². The normalized spacial score (nSPS) is 22.3. The molecule has 1 aromatic rings. The molecule has 2 unspecified atom stereocenters. The molecule has 1 fully saturated rings. The van der Waals surface area contributed by atoms with E-state index in [9.17, 15) is 4.79 Å². The molecule has 1 amide bonds. The summed E-state index contributed by atoms with van der Waals surface area (Å²) >= 11 is 0. The Kier molecular flexibility index (Phi) is 5.35. The van der Waals surface area contributed by atoms with Crippen molar-refractivity contribution in [2.75, 3.05) is 18.5 Å². The molecule has 0 radical (unpaired) electrons. The zero-order valence-corrected chi connectivity index (χ0v) is 12.2. The smallest absolute Gasteiger partial charge is 0.255 e. The van der Waals surface area contributed by atoms with Crippen molar-refractivity contribution in [3.8, 4) is 0 Å². The van der Waals surface area contributed by atoms with E-state index in [4.69, 9.17) is 4.74 Å². The Morgan fingerprint density at radius 3 is 3.15 bits per heavy atom. The highest BCUT2D eigenvalue weighted by Crippen LogP contribution is 2.17. The van der Waals surface area contributed by atoms with E-state index in [2.05, 4.69) is 22.5 Å².